The fourth-order valence-electron chi connectivity index (χ4n) is 6.92. The van der Waals surface area contributed by atoms with E-state index in [9.17, 15) is 39.6 Å². The molecule has 0 fully saturated rings. The number of carbonyl (C=O) groups is 4. The Kier molecular flexibility index (Phi) is 12.3. The zero-order valence-electron chi connectivity index (χ0n) is 31.5. The van der Waals surface area contributed by atoms with Crippen molar-refractivity contribution >= 4 is 46.4 Å². The number of benzene rings is 4. The monoisotopic (exact) mass is 738 g/mol. The zero-order valence-corrected chi connectivity index (χ0v) is 31.5. The second-order valence-electron chi connectivity index (χ2n) is 15.5. The Labute approximate surface area is 315 Å². The molecule has 54 heavy (non-hydrogen) atoms. The fraction of sp³-hybridized carbons (Fsp3) is 0.333. The van der Waals surface area contributed by atoms with Crippen molar-refractivity contribution in [2.24, 2.45) is 21.7 Å². The molecule has 0 bridgehead atoms. The van der Waals surface area contributed by atoms with Crippen molar-refractivity contribution < 1.29 is 39.6 Å². The van der Waals surface area contributed by atoms with Crippen LogP contribution < -0.4 is 21.3 Å². The number of aromatic hydroxyl groups is 4. The van der Waals surface area contributed by atoms with Gasteiger partial charge >= 0.3 is 0 Å². The summed E-state index contributed by atoms with van der Waals surface area (Å²) in [6, 6.07) is 23.9. The van der Waals surface area contributed by atoms with Crippen molar-refractivity contribution in [3.63, 3.8) is 0 Å². The lowest BCUT2D eigenvalue weighted by atomic mass is 9.60. The number of phenolic OH excluding ortho intramolecular Hbond substituents is 4. The molecule has 0 saturated carbocycles. The normalized spacial score (nSPS) is 14.7. The standard InChI is InChI=1S/C42H50N4O8/c1-7-40(4,36(52)44-28-10-18-32(48)19-11-28)25-42(6,38(54)46-30-14-22-34(50)23-15-30)26-41(5,37(53)45-29-12-20-33(49)21-13-29)24-39(2,3)35(51)43-27-8-16-31(47)17-9-27/h8-23,47-50H,7,24-26H2,1-6H3,(H,43,51)(H,44,52)(H,45,53)(H,46,54). The first-order valence-corrected chi connectivity index (χ1v) is 17.7. The largest absolute Gasteiger partial charge is 0.508 e. The summed E-state index contributed by atoms with van der Waals surface area (Å²) in [5, 5.41) is 50.8. The van der Waals surface area contributed by atoms with Crippen LogP contribution in [0.2, 0.25) is 0 Å². The van der Waals surface area contributed by atoms with Crippen molar-refractivity contribution in [2.45, 2.75) is 67.2 Å². The second kappa shape index (κ2) is 16.3. The fourth-order valence-corrected chi connectivity index (χ4v) is 6.92. The zero-order chi connectivity index (χ0) is 39.9. The molecule has 0 aromatic heterocycles. The van der Waals surface area contributed by atoms with Crippen molar-refractivity contribution in [3.8, 4) is 23.0 Å². The third kappa shape index (κ3) is 10.3. The van der Waals surface area contributed by atoms with E-state index in [1.807, 2.05) is 6.92 Å². The molecule has 286 valence electrons. The summed E-state index contributed by atoms with van der Waals surface area (Å²) in [7, 11) is 0. The average molecular weight is 739 g/mol. The van der Waals surface area contributed by atoms with E-state index in [0.29, 0.717) is 29.2 Å². The van der Waals surface area contributed by atoms with E-state index in [1.165, 1.54) is 72.8 Å². The van der Waals surface area contributed by atoms with Gasteiger partial charge in [0.1, 0.15) is 23.0 Å². The summed E-state index contributed by atoms with van der Waals surface area (Å²) in [5.41, 5.74) is -3.55. The summed E-state index contributed by atoms with van der Waals surface area (Å²) < 4.78 is 0. The number of anilines is 4. The maximum atomic E-state index is 14.6. The van der Waals surface area contributed by atoms with E-state index in [0.717, 1.165) is 0 Å². The van der Waals surface area contributed by atoms with Crippen molar-refractivity contribution in [1.29, 1.82) is 0 Å². The van der Waals surface area contributed by atoms with Gasteiger partial charge in [-0.2, -0.15) is 0 Å². The van der Waals surface area contributed by atoms with Gasteiger partial charge in [0.2, 0.25) is 23.6 Å². The summed E-state index contributed by atoms with van der Waals surface area (Å²) >= 11 is 0. The molecular weight excluding hydrogens is 688 g/mol. The molecule has 12 nitrogen and oxygen atoms in total. The van der Waals surface area contributed by atoms with Crippen LogP contribution in [0.15, 0.2) is 97.1 Å². The number of nitrogens with one attached hydrogen (secondary N) is 4. The molecule has 0 spiro atoms. The first-order valence-electron chi connectivity index (χ1n) is 17.7. The molecule has 0 heterocycles. The molecule has 0 aliphatic rings. The van der Waals surface area contributed by atoms with Gasteiger partial charge in [-0.1, -0.05) is 41.5 Å². The highest BCUT2D eigenvalue weighted by molar-refractivity contribution is 6.01. The average Bonchev–Trinajstić information content (AvgIpc) is 3.11. The highest BCUT2D eigenvalue weighted by Crippen LogP contribution is 2.49. The molecule has 0 aliphatic carbocycles. The Morgan fingerprint density at radius 3 is 0.944 bits per heavy atom. The number of hydrogen-bond acceptors (Lipinski definition) is 8. The Hall–Kier alpha value is -6.04. The van der Waals surface area contributed by atoms with Crippen LogP contribution >= 0.6 is 0 Å². The molecule has 0 aliphatic heterocycles. The van der Waals surface area contributed by atoms with Crippen LogP contribution in [-0.4, -0.2) is 44.1 Å². The van der Waals surface area contributed by atoms with Gasteiger partial charge in [-0.3, -0.25) is 19.2 Å². The number of amides is 4. The van der Waals surface area contributed by atoms with Gasteiger partial charge in [0.15, 0.2) is 0 Å². The highest BCUT2D eigenvalue weighted by atomic mass is 16.3. The minimum Gasteiger partial charge on any atom is -0.508 e. The first kappa shape index (κ1) is 40.7. The molecule has 4 amide bonds. The van der Waals surface area contributed by atoms with Gasteiger partial charge in [0.05, 0.1) is 0 Å². The Morgan fingerprint density at radius 2 is 0.648 bits per heavy atom. The molecule has 0 saturated heterocycles. The van der Waals surface area contributed by atoms with Gasteiger partial charge in [-0.25, -0.2) is 0 Å². The predicted octanol–water partition coefficient (Wildman–Crippen LogP) is 7.99. The minimum atomic E-state index is -1.43. The molecule has 12 heteroatoms. The highest BCUT2D eigenvalue weighted by Gasteiger charge is 2.51. The van der Waals surface area contributed by atoms with Gasteiger partial charge in [-0.15, -0.1) is 0 Å². The molecule has 3 unspecified atom stereocenters. The Morgan fingerprint density at radius 1 is 0.407 bits per heavy atom. The van der Waals surface area contributed by atoms with Gasteiger partial charge < -0.3 is 41.7 Å². The molecule has 4 aromatic carbocycles. The van der Waals surface area contributed by atoms with Gasteiger partial charge in [0.25, 0.3) is 0 Å². The maximum absolute atomic E-state index is 14.6. The van der Waals surface area contributed by atoms with E-state index >= 15 is 0 Å². The maximum Gasteiger partial charge on any atom is 0.230 e. The smallest absolute Gasteiger partial charge is 0.230 e. The minimum absolute atomic E-state index is 0.00528. The molecular formula is C42H50N4O8. The topological polar surface area (TPSA) is 197 Å². The van der Waals surface area contributed by atoms with Crippen LogP contribution in [0.4, 0.5) is 22.7 Å². The van der Waals surface area contributed by atoms with Crippen LogP contribution in [0.25, 0.3) is 0 Å². The summed E-state index contributed by atoms with van der Waals surface area (Å²) in [5.74, 6) is -1.67. The van der Waals surface area contributed by atoms with E-state index in [2.05, 4.69) is 21.3 Å². The van der Waals surface area contributed by atoms with Gasteiger partial charge in [-0.05, 0) is 123 Å². The first-order chi connectivity index (χ1) is 25.3. The van der Waals surface area contributed by atoms with Crippen LogP contribution in [0.1, 0.15) is 67.2 Å². The number of hydrogen-bond donors (Lipinski definition) is 8. The third-order valence-electron chi connectivity index (χ3n) is 9.93. The molecule has 0 radical (unpaired) electrons. The third-order valence-corrected chi connectivity index (χ3v) is 9.93. The van der Waals surface area contributed by atoms with E-state index in [1.54, 1.807) is 58.9 Å². The summed E-state index contributed by atoms with van der Waals surface area (Å²) in [6.07, 6.45) is 0.132. The summed E-state index contributed by atoms with van der Waals surface area (Å²) in [6.45, 7) is 10.4. The molecule has 4 rings (SSSR count). The van der Waals surface area contributed by atoms with E-state index in [-0.39, 0.29) is 48.2 Å². The Bertz CT molecular complexity index is 1950. The molecule has 3 atom stereocenters. The van der Waals surface area contributed by atoms with Crippen molar-refractivity contribution in [3.05, 3.63) is 97.1 Å². The number of rotatable bonds is 15. The van der Waals surface area contributed by atoms with E-state index < -0.39 is 39.4 Å². The molecule has 8 N–H and O–H groups in total. The Balaban J connectivity index is 1.77. The predicted molar refractivity (Wildman–Crippen MR) is 209 cm³/mol. The SMILES string of the molecule is CCC(C)(CC(C)(CC(C)(CC(C)(C)C(=O)Nc1ccc(O)cc1)C(=O)Nc1ccc(O)cc1)C(=O)Nc1ccc(O)cc1)C(=O)Nc1ccc(O)cc1. The number of phenols is 4. The lowest BCUT2D eigenvalue weighted by molar-refractivity contribution is -0.138. The van der Waals surface area contributed by atoms with E-state index in [4.69, 9.17) is 0 Å². The number of carbonyl (C=O) groups excluding carboxylic acids is 4. The second-order valence-corrected chi connectivity index (χ2v) is 15.5. The van der Waals surface area contributed by atoms with Crippen molar-refractivity contribution in [2.75, 3.05) is 21.3 Å². The lowest BCUT2D eigenvalue weighted by Gasteiger charge is -2.44. The lowest BCUT2D eigenvalue weighted by Crippen LogP contribution is -2.49. The van der Waals surface area contributed by atoms with Crippen molar-refractivity contribution in [1.82, 2.24) is 0 Å². The summed E-state index contributed by atoms with van der Waals surface area (Å²) in [4.78, 5) is 57.0. The quantitative estimate of drug-likeness (QED) is 0.0562. The van der Waals surface area contributed by atoms with Crippen LogP contribution in [0.5, 0.6) is 23.0 Å². The molecule has 4 aromatic rings. The van der Waals surface area contributed by atoms with Crippen LogP contribution in [0, 0.1) is 21.7 Å². The van der Waals surface area contributed by atoms with Crippen LogP contribution in [-0.2, 0) is 19.2 Å². The van der Waals surface area contributed by atoms with Gasteiger partial charge in [0, 0.05) is 44.4 Å². The van der Waals surface area contributed by atoms with Crippen LogP contribution in [0.3, 0.4) is 0 Å².